The third-order valence-electron chi connectivity index (χ3n) is 3.64. The Balaban J connectivity index is 2.03. The van der Waals surface area contributed by atoms with Gasteiger partial charge in [0.05, 0.1) is 11.8 Å². The molecular weight excluding hydrogens is 268 g/mol. The molecule has 1 aliphatic rings. The van der Waals surface area contributed by atoms with E-state index in [0.29, 0.717) is 29.0 Å². The zero-order valence-corrected chi connectivity index (χ0v) is 11.9. The molecule has 0 aliphatic carbocycles. The highest BCUT2D eigenvalue weighted by atomic mass is 16.3. The van der Waals surface area contributed by atoms with Gasteiger partial charge in [-0.1, -0.05) is 30.3 Å². The fourth-order valence-corrected chi connectivity index (χ4v) is 2.58. The van der Waals surface area contributed by atoms with Crippen LogP contribution in [0.4, 0.5) is 0 Å². The summed E-state index contributed by atoms with van der Waals surface area (Å²) in [6.07, 6.45) is 1.75. The van der Waals surface area contributed by atoms with Gasteiger partial charge in [0.1, 0.15) is 5.76 Å². The summed E-state index contributed by atoms with van der Waals surface area (Å²) in [4.78, 5) is 12.7. The third-order valence-corrected chi connectivity index (χ3v) is 3.64. The second kappa shape index (κ2) is 4.86. The molecule has 2 aromatic rings. The highest BCUT2D eigenvalue weighted by Gasteiger charge is 2.45. The monoisotopic (exact) mass is 284 g/mol. The maximum atomic E-state index is 12.7. The minimum Gasteiger partial charge on any atom is -0.469 e. The summed E-state index contributed by atoms with van der Waals surface area (Å²) < 4.78 is 5.17. The van der Waals surface area contributed by atoms with E-state index in [2.05, 4.69) is 5.10 Å². The summed E-state index contributed by atoms with van der Waals surface area (Å²) in [6.45, 7) is 3.50. The molecule has 1 amide bonds. The van der Waals surface area contributed by atoms with Crippen molar-refractivity contribution in [3.05, 3.63) is 59.5 Å². The quantitative estimate of drug-likeness (QED) is 0.922. The number of aliphatic hydroxyl groups is 1. The second-order valence-corrected chi connectivity index (χ2v) is 5.20. The molecule has 0 saturated carbocycles. The molecule has 1 aromatic carbocycles. The van der Waals surface area contributed by atoms with Crippen LogP contribution in [0.15, 0.2) is 52.2 Å². The summed E-state index contributed by atoms with van der Waals surface area (Å²) in [5.74, 6) is 0.139. The van der Waals surface area contributed by atoms with E-state index in [9.17, 15) is 9.90 Å². The number of carbonyl (C=O) groups excluding carboxylic acids is 1. The van der Waals surface area contributed by atoms with Crippen LogP contribution in [-0.2, 0) is 5.72 Å². The molecule has 21 heavy (non-hydrogen) atoms. The number of nitrogens with zero attached hydrogens (tertiary/aromatic N) is 2. The van der Waals surface area contributed by atoms with Crippen molar-refractivity contribution in [1.29, 1.82) is 0 Å². The molecule has 108 valence electrons. The molecule has 2 heterocycles. The molecule has 1 N–H and O–H groups in total. The first-order chi connectivity index (χ1) is 10.0. The van der Waals surface area contributed by atoms with Crippen LogP contribution in [0, 0.1) is 6.92 Å². The predicted octanol–water partition coefficient (Wildman–Crippen LogP) is 2.66. The number of benzene rings is 1. The van der Waals surface area contributed by atoms with Crippen LogP contribution in [0.2, 0.25) is 0 Å². The van der Waals surface area contributed by atoms with Crippen molar-refractivity contribution in [2.45, 2.75) is 26.0 Å². The molecule has 5 nitrogen and oxygen atoms in total. The fraction of sp³-hybridized carbons (Fsp3) is 0.250. The maximum absolute atomic E-state index is 12.7. The van der Waals surface area contributed by atoms with E-state index in [4.69, 9.17) is 4.42 Å². The van der Waals surface area contributed by atoms with E-state index in [1.807, 2.05) is 18.2 Å². The van der Waals surface area contributed by atoms with E-state index in [1.54, 1.807) is 32.0 Å². The van der Waals surface area contributed by atoms with Gasteiger partial charge in [-0.05, 0) is 19.9 Å². The number of aryl methyl sites for hydroxylation is 1. The number of carbonyl (C=O) groups is 1. The van der Waals surface area contributed by atoms with Crippen molar-refractivity contribution < 1.29 is 14.3 Å². The highest BCUT2D eigenvalue weighted by Crippen LogP contribution is 2.36. The molecule has 1 aliphatic heterocycles. The van der Waals surface area contributed by atoms with Crippen LogP contribution in [0.25, 0.3) is 0 Å². The van der Waals surface area contributed by atoms with Crippen LogP contribution < -0.4 is 0 Å². The Morgan fingerprint density at radius 1 is 1.29 bits per heavy atom. The van der Waals surface area contributed by atoms with Gasteiger partial charge < -0.3 is 9.52 Å². The molecule has 0 saturated heterocycles. The summed E-state index contributed by atoms with van der Waals surface area (Å²) in [7, 11) is 0. The summed E-state index contributed by atoms with van der Waals surface area (Å²) in [6, 6.07) is 10.7. The van der Waals surface area contributed by atoms with Crippen LogP contribution in [0.1, 0.15) is 35.0 Å². The van der Waals surface area contributed by atoms with Crippen LogP contribution in [0.5, 0.6) is 0 Å². The standard InChI is InChI=1S/C16H16N2O3/c1-11-10-16(20,13-6-4-3-5-7-13)18(17-11)15(19)14-8-9-21-12(14)2/h3-9,20H,10H2,1-2H3/t16-/m1/s1. The summed E-state index contributed by atoms with van der Waals surface area (Å²) in [5, 5.41) is 16.4. The lowest BCUT2D eigenvalue weighted by Crippen LogP contribution is -2.43. The molecular formula is C16H16N2O3. The minimum absolute atomic E-state index is 0.291. The molecule has 1 atom stereocenters. The van der Waals surface area contributed by atoms with Crippen molar-refractivity contribution in [2.75, 3.05) is 0 Å². The fourth-order valence-electron chi connectivity index (χ4n) is 2.58. The molecule has 1 aromatic heterocycles. The van der Waals surface area contributed by atoms with Crippen molar-refractivity contribution in [3.63, 3.8) is 0 Å². The number of hydrogen-bond acceptors (Lipinski definition) is 4. The number of hydrazone groups is 1. The van der Waals surface area contributed by atoms with E-state index in [-0.39, 0.29) is 5.91 Å². The van der Waals surface area contributed by atoms with Gasteiger partial charge >= 0.3 is 0 Å². The first kappa shape index (κ1) is 13.6. The van der Waals surface area contributed by atoms with Crippen LogP contribution >= 0.6 is 0 Å². The average Bonchev–Trinajstić information content (AvgIpc) is 3.03. The minimum atomic E-state index is -1.45. The smallest absolute Gasteiger partial charge is 0.280 e. The first-order valence-electron chi connectivity index (χ1n) is 6.73. The van der Waals surface area contributed by atoms with Gasteiger partial charge in [-0.2, -0.15) is 10.1 Å². The van der Waals surface area contributed by atoms with Gasteiger partial charge in [0, 0.05) is 17.7 Å². The molecule has 0 bridgehead atoms. The van der Waals surface area contributed by atoms with Gasteiger partial charge in [0.15, 0.2) is 5.72 Å². The van der Waals surface area contributed by atoms with Gasteiger partial charge in [0.2, 0.25) is 0 Å². The largest absolute Gasteiger partial charge is 0.469 e. The Morgan fingerprint density at radius 3 is 2.62 bits per heavy atom. The third kappa shape index (κ3) is 2.15. The normalized spacial score (nSPS) is 21.5. The number of hydrogen-bond donors (Lipinski definition) is 1. The topological polar surface area (TPSA) is 66.0 Å². The van der Waals surface area contributed by atoms with Crippen molar-refractivity contribution in [2.24, 2.45) is 5.10 Å². The Bertz CT molecular complexity index is 705. The summed E-state index contributed by atoms with van der Waals surface area (Å²) in [5.41, 5.74) is 0.297. The lowest BCUT2D eigenvalue weighted by Gasteiger charge is -2.31. The SMILES string of the molecule is CC1=NN(C(=O)c2ccoc2C)[C@](O)(c2ccccc2)C1. The predicted molar refractivity (Wildman–Crippen MR) is 77.7 cm³/mol. The van der Waals surface area contributed by atoms with Gasteiger partial charge in [-0.3, -0.25) is 4.79 Å². The Labute approximate surface area is 122 Å². The van der Waals surface area contributed by atoms with E-state index >= 15 is 0 Å². The molecule has 5 heteroatoms. The van der Waals surface area contributed by atoms with Gasteiger partial charge in [0.25, 0.3) is 5.91 Å². The Morgan fingerprint density at radius 2 is 2.00 bits per heavy atom. The van der Waals surface area contributed by atoms with Gasteiger partial charge in [-0.15, -0.1) is 0 Å². The lowest BCUT2D eigenvalue weighted by atomic mass is 9.97. The molecule has 0 radical (unpaired) electrons. The Hall–Kier alpha value is -2.40. The number of amides is 1. The van der Waals surface area contributed by atoms with E-state index < -0.39 is 5.72 Å². The molecule has 0 spiro atoms. The van der Waals surface area contributed by atoms with Crippen molar-refractivity contribution in [3.8, 4) is 0 Å². The lowest BCUT2D eigenvalue weighted by molar-refractivity contribution is -0.0765. The van der Waals surface area contributed by atoms with E-state index in [1.165, 1.54) is 6.26 Å². The molecule has 0 unspecified atom stereocenters. The summed E-state index contributed by atoms with van der Waals surface area (Å²) >= 11 is 0. The van der Waals surface area contributed by atoms with E-state index in [0.717, 1.165) is 5.01 Å². The van der Waals surface area contributed by atoms with Crippen molar-refractivity contribution >= 4 is 11.6 Å². The van der Waals surface area contributed by atoms with Crippen LogP contribution in [0.3, 0.4) is 0 Å². The van der Waals surface area contributed by atoms with Crippen LogP contribution in [-0.4, -0.2) is 21.7 Å². The zero-order chi connectivity index (χ0) is 15.0. The zero-order valence-electron chi connectivity index (χ0n) is 11.9. The number of furan rings is 1. The maximum Gasteiger partial charge on any atom is 0.280 e. The first-order valence-corrected chi connectivity index (χ1v) is 6.73. The molecule has 3 rings (SSSR count). The Kier molecular flexibility index (Phi) is 3.14. The van der Waals surface area contributed by atoms with Crippen molar-refractivity contribution in [1.82, 2.24) is 5.01 Å². The number of rotatable bonds is 2. The second-order valence-electron chi connectivity index (χ2n) is 5.20. The van der Waals surface area contributed by atoms with Gasteiger partial charge in [-0.25, -0.2) is 0 Å². The molecule has 0 fully saturated rings. The highest BCUT2D eigenvalue weighted by molar-refractivity contribution is 5.98. The average molecular weight is 284 g/mol.